The molecule has 2 aromatic carbocycles. The van der Waals surface area contributed by atoms with Crippen molar-refractivity contribution in [3.05, 3.63) is 65.2 Å². The van der Waals surface area contributed by atoms with Gasteiger partial charge in [-0.2, -0.15) is 0 Å². The van der Waals surface area contributed by atoms with Gasteiger partial charge in [-0.1, -0.05) is 24.3 Å². The number of ether oxygens (including phenoxy) is 1. The highest BCUT2D eigenvalue weighted by Gasteiger charge is 2.11. The summed E-state index contributed by atoms with van der Waals surface area (Å²) in [6.45, 7) is 6.07. The van der Waals surface area contributed by atoms with Gasteiger partial charge in [-0.25, -0.2) is 0 Å². The molecule has 2 N–H and O–H groups in total. The molecule has 25 heavy (non-hydrogen) atoms. The Kier molecular flexibility index (Phi) is 5.81. The van der Waals surface area contributed by atoms with Crippen LogP contribution in [0, 0.1) is 0 Å². The average Bonchev–Trinajstić information content (AvgIpc) is 2.63. The zero-order valence-corrected chi connectivity index (χ0v) is 14.4. The Hall–Kier alpha value is -2.21. The van der Waals surface area contributed by atoms with Gasteiger partial charge < -0.3 is 15.2 Å². The molecule has 1 atom stereocenters. The van der Waals surface area contributed by atoms with Crippen LogP contribution in [0.1, 0.15) is 34.5 Å². The number of aliphatic hydroxyl groups excluding tert-OH is 1. The van der Waals surface area contributed by atoms with Gasteiger partial charge in [0.15, 0.2) is 0 Å². The Morgan fingerprint density at radius 3 is 2.36 bits per heavy atom. The van der Waals surface area contributed by atoms with E-state index in [1.807, 2.05) is 36.4 Å². The minimum absolute atomic E-state index is 0.136. The number of carbonyl (C=O) groups is 1. The molecule has 0 spiro atoms. The number of amides is 1. The lowest BCUT2D eigenvalue weighted by atomic mass is 10.1. The largest absolute Gasteiger partial charge is 0.389 e. The fraction of sp³-hybridized carbons (Fsp3) is 0.350. The molecule has 0 aliphatic carbocycles. The summed E-state index contributed by atoms with van der Waals surface area (Å²) in [5.41, 5.74) is 3.36. The molecule has 0 radical (unpaired) electrons. The standard InChI is InChI=1S/C20H24N2O3/c1-15(23)17-6-8-19(9-7-17)21-20(24)18-4-2-16(3-5-18)14-22-10-12-25-13-11-22/h2-9,15,23H,10-14H2,1H3,(H,21,24)/t15-/m1/s1. The molecule has 0 saturated carbocycles. The van der Waals surface area contributed by atoms with Crippen LogP contribution in [0.15, 0.2) is 48.5 Å². The van der Waals surface area contributed by atoms with Crippen LogP contribution in [-0.2, 0) is 11.3 Å². The van der Waals surface area contributed by atoms with Gasteiger partial charge in [0.1, 0.15) is 0 Å². The molecule has 1 aliphatic rings. The second kappa shape index (κ2) is 8.25. The van der Waals surface area contributed by atoms with Crippen LogP contribution in [0.2, 0.25) is 0 Å². The van der Waals surface area contributed by atoms with Crippen molar-refractivity contribution in [2.45, 2.75) is 19.6 Å². The van der Waals surface area contributed by atoms with Crippen LogP contribution in [0.25, 0.3) is 0 Å². The zero-order valence-electron chi connectivity index (χ0n) is 14.4. The summed E-state index contributed by atoms with van der Waals surface area (Å²) in [5, 5.41) is 12.4. The van der Waals surface area contributed by atoms with Gasteiger partial charge in [0.25, 0.3) is 5.91 Å². The number of hydrogen-bond acceptors (Lipinski definition) is 4. The number of carbonyl (C=O) groups excluding carboxylic acids is 1. The van der Waals surface area contributed by atoms with Crippen LogP contribution >= 0.6 is 0 Å². The number of anilines is 1. The van der Waals surface area contributed by atoms with Crippen molar-refractivity contribution in [2.75, 3.05) is 31.6 Å². The van der Waals surface area contributed by atoms with E-state index in [1.165, 1.54) is 5.56 Å². The van der Waals surface area contributed by atoms with Gasteiger partial charge >= 0.3 is 0 Å². The summed E-state index contributed by atoms with van der Waals surface area (Å²) in [6, 6.07) is 14.9. The van der Waals surface area contributed by atoms with E-state index >= 15 is 0 Å². The van der Waals surface area contributed by atoms with Crippen LogP contribution in [-0.4, -0.2) is 42.2 Å². The van der Waals surface area contributed by atoms with Crippen LogP contribution < -0.4 is 5.32 Å². The Balaban J connectivity index is 1.58. The van der Waals surface area contributed by atoms with Crippen LogP contribution in [0.3, 0.4) is 0 Å². The van der Waals surface area contributed by atoms with Crippen LogP contribution in [0.5, 0.6) is 0 Å². The first kappa shape index (κ1) is 17.6. The molecule has 0 unspecified atom stereocenters. The second-order valence-electron chi connectivity index (χ2n) is 6.34. The summed E-state index contributed by atoms with van der Waals surface area (Å²) in [7, 11) is 0. The molecular formula is C20H24N2O3. The van der Waals surface area contributed by atoms with Crippen molar-refractivity contribution in [2.24, 2.45) is 0 Å². The highest BCUT2D eigenvalue weighted by molar-refractivity contribution is 6.04. The summed E-state index contributed by atoms with van der Waals surface area (Å²) < 4.78 is 5.36. The molecule has 1 amide bonds. The molecule has 1 fully saturated rings. The molecule has 5 nitrogen and oxygen atoms in total. The molecular weight excluding hydrogens is 316 g/mol. The predicted octanol–water partition coefficient (Wildman–Crippen LogP) is 2.82. The van der Waals surface area contributed by atoms with E-state index < -0.39 is 6.10 Å². The molecule has 0 aromatic heterocycles. The topological polar surface area (TPSA) is 61.8 Å². The van der Waals surface area contributed by atoms with Crippen molar-refractivity contribution in [3.8, 4) is 0 Å². The first-order valence-corrected chi connectivity index (χ1v) is 8.60. The van der Waals surface area contributed by atoms with E-state index in [0.29, 0.717) is 11.3 Å². The van der Waals surface area contributed by atoms with Gasteiger partial charge in [0.05, 0.1) is 19.3 Å². The third-order valence-corrected chi connectivity index (χ3v) is 4.38. The molecule has 1 aliphatic heterocycles. The fourth-order valence-corrected chi connectivity index (χ4v) is 2.83. The molecule has 1 heterocycles. The van der Waals surface area contributed by atoms with Gasteiger partial charge in [0.2, 0.25) is 0 Å². The SMILES string of the molecule is C[C@@H](O)c1ccc(NC(=O)c2ccc(CN3CCOCC3)cc2)cc1. The molecule has 132 valence electrons. The maximum atomic E-state index is 12.3. The fourth-order valence-electron chi connectivity index (χ4n) is 2.83. The quantitative estimate of drug-likeness (QED) is 0.879. The van der Waals surface area contributed by atoms with Crippen molar-refractivity contribution < 1.29 is 14.6 Å². The lowest BCUT2D eigenvalue weighted by Crippen LogP contribution is -2.35. The smallest absolute Gasteiger partial charge is 0.255 e. The molecule has 5 heteroatoms. The third kappa shape index (κ3) is 4.89. The van der Waals surface area contributed by atoms with Crippen molar-refractivity contribution in [1.82, 2.24) is 4.90 Å². The number of nitrogens with zero attached hydrogens (tertiary/aromatic N) is 1. The monoisotopic (exact) mass is 340 g/mol. The number of aliphatic hydroxyl groups is 1. The van der Waals surface area contributed by atoms with Crippen molar-refractivity contribution in [3.63, 3.8) is 0 Å². The lowest BCUT2D eigenvalue weighted by Gasteiger charge is -2.26. The average molecular weight is 340 g/mol. The molecule has 2 aromatic rings. The predicted molar refractivity (Wildman–Crippen MR) is 97.6 cm³/mol. The Bertz CT molecular complexity index is 690. The highest BCUT2D eigenvalue weighted by Crippen LogP contribution is 2.17. The number of hydrogen-bond donors (Lipinski definition) is 2. The molecule has 3 rings (SSSR count). The minimum atomic E-state index is -0.510. The maximum absolute atomic E-state index is 12.3. The first-order chi connectivity index (χ1) is 12.1. The highest BCUT2D eigenvalue weighted by atomic mass is 16.5. The van der Waals surface area contributed by atoms with E-state index in [0.717, 1.165) is 38.4 Å². The maximum Gasteiger partial charge on any atom is 0.255 e. The molecule has 0 bridgehead atoms. The van der Waals surface area contributed by atoms with E-state index in [9.17, 15) is 9.90 Å². The van der Waals surface area contributed by atoms with E-state index in [1.54, 1.807) is 19.1 Å². The third-order valence-electron chi connectivity index (χ3n) is 4.38. The van der Waals surface area contributed by atoms with E-state index in [4.69, 9.17) is 4.74 Å². The van der Waals surface area contributed by atoms with Crippen molar-refractivity contribution in [1.29, 1.82) is 0 Å². The lowest BCUT2D eigenvalue weighted by molar-refractivity contribution is 0.0342. The second-order valence-corrected chi connectivity index (χ2v) is 6.34. The number of morpholine rings is 1. The minimum Gasteiger partial charge on any atom is -0.389 e. The number of benzene rings is 2. The Morgan fingerprint density at radius 1 is 1.12 bits per heavy atom. The zero-order chi connectivity index (χ0) is 17.6. The summed E-state index contributed by atoms with van der Waals surface area (Å²) in [4.78, 5) is 14.7. The Morgan fingerprint density at radius 2 is 1.76 bits per heavy atom. The van der Waals surface area contributed by atoms with Gasteiger partial charge in [-0.15, -0.1) is 0 Å². The van der Waals surface area contributed by atoms with E-state index in [-0.39, 0.29) is 5.91 Å². The summed E-state index contributed by atoms with van der Waals surface area (Å²) >= 11 is 0. The summed E-state index contributed by atoms with van der Waals surface area (Å²) in [6.07, 6.45) is -0.510. The van der Waals surface area contributed by atoms with Gasteiger partial charge in [-0.3, -0.25) is 9.69 Å². The van der Waals surface area contributed by atoms with Gasteiger partial charge in [0, 0.05) is 30.9 Å². The van der Waals surface area contributed by atoms with Gasteiger partial charge in [-0.05, 0) is 42.3 Å². The first-order valence-electron chi connectivity index (χ1n) is 8.60. The Labute approximate surface area is 148 Å². The van der Waals surface area contributed by atoms with E-state index in [2.05, 4.69) is 10.2 Å². The number of rotatable bonds is 5. The number of nitrogens with one attached hydrogen (secondary N) is 1. The van der Waals surface area contributed by atoms with Crippen LogP contribution in [0.4, 0.5) is 5.69 Å². The normalized spacial score (nSPS) is 16.4. The van der Waals surface area contributed by atoms with Crippen molar-refractivity contribution >= 4 is 11.6 Å². The molecule has 1 saturated heterocycles. The summed E-state index contributed by atoms with van der Waals surface area (Å²) in [5.74, 6) is -0.136.